The molecular formula is C15H23NO3. The maximum absolute atomic E-state index is 11.6. The number of carbonyl (C=O) groups is 1. The molecule has 0 saturated carbocycles. The molecule has 1 rings (SSSR count). The summed E-state index contributed by atoms with van der Waals surface area (Å²) in [5.74, 6) is 0.938. The van der Waals surface area contributed by atoms with Crippen LogP contribution in [0.15, 0.2) is 18.2 Å². The van der Waals surface area contributed by atoms with Crippen molar-refractivity contribution < 1.29 is 14.6 Å². The highest BCUT2D eigenvalue weighted by Crippen LogP contribution is 2.24. The summed E-state index contributed by atoms with van der Waals surface area (Å²) < 4.78 is 5.60. The third kappa shape index (κ3) is 4.56. The first-order valence-corrected chi connectivity index (χ1v) is 6.61. The average molecular weight is 265 g/mol. The van der Waals surface area contributed by atoms with E-state index in [-0.39, 0.29) is 19.1 Å². The molecule has 0 fully saturated rings. The van der Waals surface area contributed by atoms with Gasteiger partial charge in [0.2, 0.25) is 0 Å². The zero-order valence-corrected chi connectivity index (χ0v) is 12.1. The Morgan fingerprint density at radius 2 is 2.05 bits per heavy atom. The minimum Gasteiger partial charge on any atom is -0.481 e. The van der Waals surface area contributed by atoms with Crippen LogP contribution in [0.5, 0.6) is 5.75 Å². The van der Waals surface area contributed by atoms with E-state index in [4.69, 9.17) is 9.84 Å². The first-order valence-electron chi connectivity index (χ1n) is 6.61. The second-order valence-electron chi connectivity index (χ2n) is 4.95. The normalized spacial score (nSPS) is 12.3. The highest BCUT2D eigenvalue weighted by Gasteiger charge is 2.14. The van der Waals surface area contributed by atoms with Gasteiger partial charge < -0.3 is 15.2 Å². The van der Waals surface area contributed by atoms with Gasteiger partial charge in [-0.1, -0.05) is 19.9 Å². The summed E-state index contributed by atoms with van der Waals surface area (Å²) in [4.78, 5) is 11.6. The quantitative estimate of drug-likeness (QED) is 0.827. The molecule has 0 saturated heterocycles. The van der Waals surface area contributed by atoms with E-state index in [1.807, 2.05) is 25.1 Å². The van der Waals surface area contributed by atoms with Gasteiger partial charge in [-0.15, -0.1) is 0 Å². The highest BCUT2D eigenvalue weighted by atomic mass is 16.5. The Morgan fingerprint density at radius 3 is 2.58 bits per heavy atom. The molecule has 0 aliphatic carbocycles. The molecule has 0 spiro atoms. The van der Waals surface area contributed by atoms with Gasteiger partial charge in [0.05, 0.1) is 6.61 Å². The van der Waals surface area contributed by atoms with E-state index in [1.165, 1.54) is 5.56 Å². The van der Waals surface area contributed by atoms with E-state index in [9.17, 15) is 4.79 Å². The standard InChI is InChI=1S/C15H23NO3/c1-10(2)14-6-5-13(9-11(14)3)19-12(4)15(18)16-7-8-17/h5-6,9-10,12,17H,7-8H2,1-4H3,(H,16,18). The molecule has 106 valence electrons. The summed E-state index contributed by atoms with van der Waals surface area (Å²) in [6, 6.07) is 5.87. The fourth-order valence-corrected chi connectivity index (χ4v) is 1.95. The van der Waals surface area contributed by atoms with E-state index < -0.39 is 6.10 Å². The van der Waals surface area contributed by atoms with Gasteiger partial charge in [0, 0.05) is 6.54 Å². The number of hydrogen-bond donors (Lipinski definition) is 2. The van der Waals surface area contributed by atoms with Crippen LogP contribution in [0.4, 0.5) is 0 Å². The largest absolute Gasteiger partial charge is 0.481 e. The SMILES string of the molecule is Cc1cc(OC(C)C(=O)NCCO)ccc1C(C)C. The lowest BCUT2D eigenvalue weighted by Crippen LogP contribution is -2.37. The van der Waals surface area contributed by atoms with Crippen LogP contribution < -0.4 is 10.1 Å². The number of ether oxygens (including phenoxy) is 1. The van der Waals surface area contributed by atoms with Gasteiger partial charge in [-0.25, -0.2) is 0 Å². The zero-order chi connectivity index (χ0) is 14.4. The van der Waals surface area contributed by atoms with Crippen LogP contribution in [-0.4, -0.2) is 30.3 Å². The number of aliphatic hydroxyl groups is 1. The lowest BCUT2D eigenvalue weighted by molar-refractivity contribution is -0.127. The molecule has 0 heterocycles. The molecule has 1 amide bonds. The number of hydrogen-bond acceptors (Lipinski definition) is 3. The summed E-state index contributed by atoms with van der Waals surface area (Å²) >= 11 is 0. The van der Waals surface area contributed by atoms with Gasteiger partial charge in [0.25, 0.3) is 5.91 Å². The smallest absolute Gasteiger partial charge is 0.260 e. The van der Waals surface area contributed by atoms with Crippen molar-refractivity contribution in [2.24, 2.45) is 0 Å². The Hall–Kier alpha value is -1.55. The van der Waals surface area contributed by atoms with E-state index in [1.54, 1.807) is 6.92 Å². The fourth-order valence-electron chi connectivity index (χ4n) is 1.95. The molecular weight excluding hydrogens is 242 g/mol. The van der Waals surface area contributed by atoms with Crippen LogP contribution in [0, 0.1) is 6.92 Å². The average Bonchev–Trinajstić information content (AvgIpc) is 2.35. The van der Waals surface area contributed by atoms with Crippen molar-refractivity contribution in [2.75, 3.05) is 13.2 Å². The van der Waals surface area contributed by atoms with Crippen LogP contribution in [0.3, 0.4) is 0 Å². The molecule has 1 aromatic carbocycles. The lowest BCUT2D eigenvalue weighted by atomic mass is 9.98. The minimum atomic E-state index is -0.573. The summed E-state index contributed by atoms with van der Waals surface area (Å²) in [5, 5.41) is 11.2. The Bertz CT molecular complexity index is 429. The Balaban J connectivity index is 2.67. The molecule has 0 aromatic heterocycles. The topological polar surface area (TPSA) is 58.6 Å². The van der Waals surface area contributed by atoms with Crippen molar-refractivity contribution >= 4 is 5.91 Å². The molecule has 2 N–H and O–H groups in total. The molecule has 4 heteroatoms. The van der Waals surface area contributed by atoms with E-state index >= 15 is 0 Å². The number of nitrogens with one attached hydrogen (secondary N) is 1. The first kappa shape index (κ1) is 15.5. The van der Waals surface area contributed by atoms with Gasteiger partial charge in [-0.2, -0.15) is 0 Å². The summed E-state index contributed by atoms with van der Waals surface area (Å²) in [5.41, 5.74) is 2.44. The first-order chi connectivity index (χ1) is 8.95. The van der Waals surface area contributed by atoms with Gasteiger partial charge in [0.15, 0.2) is 6.10 Å². The second-order valence-corrected chi connectivity index (χ2v) is 4.95. The van der Waals surface area contributed by atoms with Crippen LogP contribution >= 0.6 is 0 Å². The summed E-state index contributed by atoms with van der Waals surface area (Å²) in [6.07, 6.45) is -0.573. The molecule has 1 unspecified atom stereocenters. The molecule has 4 nitrogen and oxygen atoms in total. The minimum absolute atomic E-state index is 0.0688. The maximum Gasteiger partial charge on any atom is 0.260 e. The molecule has 0 aliphatic rings. The molecule has 1 aromatic rings. The number of aliphatic hydroxyl groups excluding tert-OH is 1. The maximum atomic E-state index is 11.6. The molecule has 0 aliphatic heterocycles. The van der Waals surface area contributed by atoms with Crippen molar-refractivity contribution in [3.05, 3.63) is 29.3 Å². The number of carbonyl (C=O) groups excluding carboxylic acids is 1. The van der Waals surface area contributed by atoms with Gasteiger partial charge in [-0.3, -0.25) is 4.79 Å². The van der Waals surface area contributed by atoms with Crippen molar-refractivity contribution in [1.29, 1.82) is 0 Å². The number of amides is 1. The Kier molecular flexibility index (Phi) is 5.83. The Labute approximate surface area is 114 Å². The Morgan fingerprint density at radius 1 is 1.37 bits per heavy atom. The summed E-state index contributed by atoms with van der Waals surface area (Å²) in [7, 11) is 0. The van der Waals surface area contributed by atoms with Crippen LogP contribution in [0.2, 0.25) is 0 Å². The van der Waals surface area contributed by atoms with Crippen molar-refractivity contribution in [2.45, 2.75) is 39.7 Å². The van der Waals surface area contributed by atoms with Crippen molar-refractivity contribution in [3.8, 4) is 5.75 Å². The van der Waals surface area contributed by atoms with Gasteiger partial charge in [0.1, 0.15) is 5.75 Å². The zero-order valence-electron chi connectivity index (χ0n) is 12.1. The van der Waals surface area contributed by atoms with Crippen LogP contribution in [0.25, 0.3) is 0 Å². The monoisotopic (exact) mass is 265 g/mol. The van der Waals surface area contributed by atoms with E-state index in [0.29, 0.717) is 11.7 Å². The van der Waals surface area contributed by atoms with Crippen LogP contribution in [0.1, 0.15) is 37.8 Å². The molecule has 0 bridgehead atoms. The predicted octanol–water partition coefficient (Wildman–Crippen LogP) is 1.99. The number of rotatable bonds is 6. The molecule has 0 radical (unpaired) electrons. The van der Waals surface area contributed by atoms with Crippen LogP contribution in [-0.2, 0) is 4.79 Å². The molecule has 1 atom stereocenters. The predicted molar refractivity (Wildman–Crippen MR) is 75.5 cm³/mol. The summed E-state index contributed by atoms with van der Waals surface area (Å²) in [6.45, 7) is 8.21. The van der Waals surface area contributed by atoms with Crippen molar-refractivity contribution in [3.63, 3.8) is 0 Å². The molecule has 19 heavy (non-hydrogen) atoms. The van der Waals surface area contributed by atoms with Gasteiger partial charge >= 0.3 is 0 Å². The van der Waals surface area contributed by atoms with Crippen molar-refractivity contribution in [1.82, 2.24) is 5.32 Å². The van der Waals surface area contributed by atoms with Gasteiger partial charge in [-0.05, 0) is 43.0 Å². The lowest BCUT2D eigenvalue weighted by Gasteiger charge is -2.16. The number of aryl methyl sites for hydroxylation is 1. The number of benzene rings is 1. The van der Waals surface area contributed by atoms with E-state index in [0.717, 1.165) is 5.56 Å². The second kappa shape index (κ2) is 7.14. The highest BCUT2D eigenvalue weighted by molar-refractivity contribution is 5.80. The van der Waals surface area contributed by atoms with E-state index in [2.05, 4.69) is 19.2 Å². The third-order valence-electron chi connectivity index (χ3n) is 2.96. The third-order valence-corrected chi connectivity index (χ3v) is 2.96. The fraction of sp³-hybridized carbons (Fsp3) is 0.533.